The highest BCUT2D eigenvalue weighted by atomic mass is 16.2. The maximum absolute atomic E-state index is 12.9. The van der Waals surface area contributed by atoms with Gasteiger partial charge in [-0.2, -0.15) is 0 Å². The first-order valence-electron chi connectivity index (χ1n) is 8.55. The fourth-order valence-corrected chi connectivity index (χ4v) is 3.00. The van der Waals surface area contributed by atoms with Gasteiger partial charge in [-0.1, -0.05) is 42.8 Å². The zero-order valence-corrected chi connectivity index (χ0v) is 14.6. The fourth-order valence-electron chi connectivity index (χ4n) is 3.00. The van der Waals surface area contributed by atoms with Crippen LogP contribution in [0.3, 0.4) is 0 Å². The third-order valence-electron chi connectivity index (χ3n) is 4.24. The smallest absolute Gasteiger partial charge is 0.254 e. The SMILES string of the molecule is CCCN(Cc1cc2ccccc2[nH]c1=O)C(=O)c1cccc(C)c1. The Kier molecular flexibility index (Phi) is 4.98. The van der Waals surface area contributed by atoms with Crippen molar-refractivity contribution in [2.45, 2.75) is 26.8 Å². The summed E-state index contributed by atoms with van der Waals surface area (Å²) >= 11 is 0. The van der Waals surface area contributed by atoms with Crippen LogP contribution in [0.2, 0.25) is 0 Å². The van der Waals surface area contributed by atoms with Crippen LogP contribution >= 0.6 is 0 Å². The van der Waals surface area contributed by atoms with Gasteiger partial charge in [0.15, 0.2) is 0 Å². The van der Waals surface area contributed by atoms with Gasteiger partial charge in [-0.15, -0.1) is 0 Å². The van der Waals surface area contributed by atoms with Crippen LogP contribution < -0.4 is 5.56 Å². The van der Waals surface area contributed by atoms with Crippen LogP contribution in [0.1, 0.15) is 34.8 Å². The second-order valence-corrected chi connectivity index (χ2v) is 6.31. The van der Waals surface area contributed by atoms with E-state index in [2.05, 4.69) is 4.98 Å². The van der Waals surface area contributed by atoms with Crippen molar-refractivity contribution in [1.29, 1.82) is 0 Å². The summed E-state index contributed by atoms with van der Waals surface area (Å²) < 4.78 is 0. The molecule has 0 spiro atoms. The molecule has 0 fully saturated rings. The topological polar surface area (TPSA) is 53.2 Å². The van der Waals surface area contributed by atoms with Crippen LogP contribution in [0.4, 0.5) is 0 Å². The third kappa shape index (κ3) is 3.79. The molecule has 2 aromatic carbocycles. The van der Waals surface area contributed by atoms with Crippen molar-refractivity contribution >= 4 is 16.8 Å². The van der Waals surface area contributed by atoms with Gasteiger partial charge in [-0.05, 0) is 43.0 Å². The number of fused-ring (bicyclic) bond motifs is 1. The van der Waals surface area contributed by atoms with E-state index in [4.69, 9.17) is 0 Å². The predicted molar refractivity (Wildman–Crippen MR) is 101 cm³/mol. The maximum Gasteiger partial charge on any atom is 0.254 e. The van der Waals surface area contributed by atoms with Gasteiger partial charge in [0.05, 0.1) is 6.54 Å². The molecule has 4 nitrogen and oxygen atoms in total. The molecule has 4 heteroatoms. The number of hydrogen-bond acceptors (Lipinski definition) is 2. The average Bonchev–Trinajstić information content (AvgIpc) is 2.61. The number of rotatable bonds is 5. The number of aryl methyl sites for hydroxylation is 1. The van der Waals surface area contributed by atoms with Crippen LogP contribution in [0.15, 0.2) is 59.4 Å². The van der Waals surface area contributed by atoms with E-state index in [1.54, 1.807) is 4.90 Å². The molecule has 25 heavy (non-hydrogen) atoms. The monoisotopic (exact) mass is 334 g/mol. The minimum Gasteiger partial charge on any atom is -0.334 e. The number of amides is 1. The summed E-state index contributed by atoms with van der Waals surface area (Å²) in [5.74, 6) is -0.0434. The zero-order chi connectivity index (χ0) is 17.8. The quantitative estimate of drug-likeness (QED) is 0.769. The Balaban J connectivity index is 1.93. The Morgan fingerprint density at radius 2 is 1.88 bits per heavy atom. The van der Waals surface area contributed by atoms with E-state index in [0.717, 1.165) is 22.9 Å². The van der Waals surface area contributed by atoms with Crippen LogP contribution in [-0.4, -0.2) is 22.3 Å². The molecule has 1 heterocycles. The number of H-pyrrole nitrogens is 1. The Bertz CT molecular complexity index is 959. The Morgan fingerprint density at radius 3 is 2.64 bits per heavy atom. The Morgan fingerprint density at radius 1 is 1.08 bits per heavy atom. The van der Waals surface area contributed by atoms with E-state index in [-0.39, 0.29) is 11.5 Å². The van der Waals surface area contributed by atoms with Crippen molar-refractivity contribution in [3.63, 3.8) is 0 Å². The number of nitrogens with one attached hydrogen (secondary N) is 1. The summed E-state index contributed by atoms with van der Waals surface area (Å²) in [6.45, 7) is 4.91. The lowest BCUT2D eigenvalue weighted by Gasteiger charge is -2.22. The Labute approximate surface area is 147 Å². The van der Waals surface area contributed by atoms with E-state index in [9.17, 15) is 9.59 Å². The molecule has 1 aromatic heterocycles. The maximum atomic E-state index is 12.9. The number of benzene rings is 2. The third-order valence-corrected chi connectivity index (χ3v) is 4.24. The summed E-state index contributed by atoms with van der Waals surface area (Å²) in [7, 11) is 0. The average molecular weight is 334 g/mol. The van der Waals surface area contributed by atoms with Gasteiger partial charge in [0.25, 0.3) is 11.5 Å². The Hall–Kier alpha value is -2.88. The van der Waals surface area contributed by atoms with E-state index in [1.807, 2.05) is 68.4 Å². The molecular weight excluding hydrogens is 312 g/mol. The molecule has 1 N–H and O–H groups in total. The number of nitrogens with zero attached hydrogens (tertiary/aromatic N) is 1. The highest BCUT2D eigenvalue weighted by molar-refractivity contribution is 5.94. The molecule has 0 saturated heterocycles. The highest BCUT2D eigenvalue weighted by Gasteiger charge is 2.17. The molecule has 0 bridgehead atoms. The second-order valence-electron chi connectivity index (χ2n) is 6.31. The zero-order valence-electron chi connectivity index (χ0n) is 14.6. The van der Waals surface area contributed by atoms with Crippen molar-refractivity contribution in [2.75, 3.05) is 6.54 Å². The van der Waals surface area contributed by atoms with Crippen molar-refractivity contribution in [2.24, 2.45) is 0 Å². The summed E-state index contributed by atoms with van der Waals surface area (Å²) in [5.41, 5.74) is 2.98. The van der Waals surface area contributed by atoms with Crippen LogP contribution in [0.5, 0.6) is 0 Å². The summed E-state index contributed by atoms with van der Waals surface area (Å²) in [4.78, 5) is 29.9. The molecule has 0 aliphatic rings. The van der Waals surface area contributed by atoms with Crippen molar-refractivity contribution < 1.29 is 4.79 Å². The van der Waals surface area contributed by atoms with Crippen molar-refractivity contribution in [3.8, 4) is 0 Å². The van der Waals surface area contributed by atoms with Gasteiger partial charge in [-0.25, -0.2) is 0 Å². The van der Waals surface area contributed by atoms with Gasteiger partial charge in [0, 0.05) is 23.2 Å². The number of aromatic nitrogens is 1. The first kappa shape index (κ1) is 17.0. The molecule has 0 aliphatic carbocycles. The van der Waals surface area contributed by atoms with Crippen LogP contribution in [0.25, 0.3) is 10.9 Å². The minimum atomic E-state index is -0.142. The number of aromatic amines is 1. The number of para-hydroxylation sites is 1. The highest BCUT2D eigenvalue weighted by Crippen LogP contribution is 2.14. The number of carbonyl (C=O) groups is 1. The molecule has 1 amide bonds. The molecule has 0 radical (unpaired) electrons. The summed E-state index contributed by atoms with van der Waals surface area (Å²) in [6.07, 6.45) is 0.836. The molecule has 128 valence electrons. The van der Waals surface area contributed by atoms with Crippen LogP contribution in [0, 0.1) is 6.92 Å². The van der Waals surface area contributed by atoms with Gasteiger partial charge >= 0.3 is 0 Å². The van der Waals surface area contributed by atoms with Crippen LogP contribution in [-0.2, 0) is 6.54 Å². The van der Waals surface area contributed by atoms with Crippen molar-refractivity contribution in [1.82, 2.24) is 9.88 Å². The fraction of sp³-hybridized carbons (Fsp3) is 0.238. The van der Waals surface area contributed by atoms with Gasteiger partial charge < -0.3 is 9.88 Å². The lowest BCUT2D eigenvalue weighted by atomic mass is 10.1. The van der Waals surface area contributed by atoms with Gasteiger partial charge in [-0.3, -0.25) is 9.59 Å². The standard InChI is InChI=1S/C21H22N2O2/c1-3-11-23(21(25)17-9-6-7-15(2)12-17)14-18-13-16-8-4-5-10-19(16)22-20(18)24/h4-10,12-13H,3,11,14H2,1-2H3,(H,22,24). The van der Waals surface area contributed by atoms with E-state index >= 15 is 0 Å². The number of pyridine rings is 1. The summed E-state index contributed by atoms with van der Waals surface area (Å²) in [5, 5.41) is 0.969. The summed E-state index contributed by atoms with van der Waals surface area (Å²) in [6, 6.07) is 17.1. The first-order chi connectivity index (χ1) is 12.1. The predicted octanol–water partition coefficient (Wildman–Crippen LogP) is 3.89. The second kappa shape index (κ2) is 7.34. The van der Waals surface area contributed by atoms with Gasteiger partial charge in [0.2, 0.25) is 0 Å². The van der Waals surface area contributed by atoms with Crippen molar-refractivity contribution in [3.05, 3.63) is 81.6 Å². The lowest BCUT2D eigenvalue weighted by Crippen LogP contribution is -2.33. The molecule has 0 unspecified atom stereocenters. The molecular formula is C21H22N2O2. The number of hydrogen-bond donors (Lipinski definition) is 1. The molecule has 0 aliphatic heterocycles. The van der Waals surface area contributed by atoms with E-state index in [1.165, 1.54) is 0 Å². The van der Waals surface area contributed by atoms with E-state index in [0.29, 0.717) is 24.2 Å². The molecule has 0 saturated carbocycles. The molecule has 3 aromatic rings. The number of carbonyl (C=O) groups excluding carboxylic acids is 1. The van der Waals surface area contributed by atoms with E-state index < -0.39 is 0 Å². The minimum absolute atomic E-state index is 0.0434. The largest absolute Gasteiger partial charge is 0.334 e. The lowest BCUT2D eigenvalue weighted by molar-refractivity contribution is 0.0742. The normalized spacial score (nSPS) is 10.8. The molecule has 3 rings (SSSR count). The molecule has 0 atom stereocenters. The first-order valence-corrected chi connectivity index (χ1v) is 8.55. The van der Waals surface area contributed by atoms with Gasteiger partial charge in [0.1, 0.15) is 0 Å².